The molecule has 1 aliphatic heterocycles. The Labute approximate surface area is 153 Å². The molecule has 2 N–H and O–H groups in total. The van der Waals surface area contributed by atoms with Crippen molar-refractivity contribution in [3.8, 4) is 0 Å². The maximum Gasteiger partial charge on any atom is 0.256 e. The lowest BCUT2D eigenvalue weighted by molar-refractivity contribution is -0.124. The fraction of sp³-hybridized carbons (Fsp3) is 0.263. The van der Waals surface area contributed by atoms with E-state index in [-0.39, 0.29) is 24.2 Å². The Balaban J connectivity index is 0.00000225. The first-order chi connectivity index (χ1) is 11.6. The first kappa shape index (κ1) is 18.8. The Morgan fingerprint density at radius 1 is 1.12 bits per heavy atom. The Hall–Kier alpha value is -2.53. The molecule has 6 heteroatoms. The van der Waals surface area contributed by atoms with Gasteiger partial charge in [-0.3, -0.25) is 9.59 Å². The Morgan fingerprint density at radius 3 is 2.44 bits per heavy atom. The zero-order valence-corrected chi connectivity index (χ0v) is 14.9. The van der Waals surface area contributed by atoms with E-state index in [0.29, 0.717) is 24.2 Å². The summed E-state index contributed by atoms with van der Waals surface area (Å²) in [5.41, 5.74) is 7.63. The number of carbonyl (C=O) groups is 2. The number of likely N-dealkylation sites (N-methyl/N-ethyl adjacent to an activating group) is 1. The summed E-state index contributed by atoms with van der Waals surface area (Å²) in [5, 5.41) is 0. The maximum absolute atomic E-state index is 12.9. The minimum absolute atomic E-state index is 0. The van der Waals surface area contributed by atoms with Gasteiger partial charge in [0, 0.05) is 25.0 Å². The van der Waals surface area contributed by atoms with Crippen LogP contribution in [-0.4, -0.2) is 36.3 Å². The predicted molar refractivity (Wildman–Crippen MR) is 102 cm³/mol. The molecule has 1 fully saturated rings. The molecule has 2 aromatic carbocycles. The number of amides is 2. The molecule has 1 aliphatic rings. The number of hydrogen-bond acceptors (Lipinski definition) is 3. The van der Waals surface area contributed by atoms with Crippen molar-refractivity contribution < 1.29 is 9.59 Å². The molecule has 0 radical (unpaired) electrons. The van der Waals surface area contributed by atoms with Crippen LogP contribution in [0.1, 0.15) is 23.2 Å². The molecule has 2 aromatic rings. The third kappa shape index (κ3) is 3.77. The first-order valence-corrected chi connectivity index (χ1v) is 8.07. The lowest BCUT2D eigenvalue weighted by Gasteiger charge is -2.37. The zero-order valence-electron chi connectivity index (χ0n) is 14.1. The highest BCUT2D eigenvalue weighted by atomic mass is 35.5. The number of nitrogens with two attached hydrogens (primary N) is 1. The quantitative estimate of drug-likeness (QED) is 0.857. The number of para-hydroxylation sites is 2. The molecule has 0 saturated carbocycles. The summed E-state index contributed by atoms with van der Waals surface area (Å²) in [6.45, 7) is 0.675. The summed E-state index contributed by atoms with van der Waals surface area (Å²) < 4.78 is 0. The van der Waals surface area contributed by atoms with Crippen LogP contribution in [0.15, 0.2) is 54.6 Å². The number of benzene rings is 2. The average molecular weight is 360 g/mol. The van der Waals surface area contributed by atoms with Crippen LogP contribution in [0.2, 0.25) is 0 Å². The average Bonchev–Trinajstić information content (AvgIpc) is 2.62. The van der Waals surface area contributed by atoms with Gasteiger partial charge in [-0.25, -0.2) is 0 Å². The van der Waals surface area contributed by atoms with Gasteiger partial charge in [-0.05, 0) is 37.1 Å². The molecule has 1 atom stereocenters. The fourth-order valence-corrected chi connectivity index (χ4v) is 3.10. The molecule has 132 valence electrons. The molecule has 1 heterocycles. The van der Waals surface area contributed by atoms with Gasteiger partial charge < -0.3 is 15.5 Å². The third-order valence-electron chi connectivity index (χ3n) is 4.46. The zero-order chi connectivity index (χ0) is 17.1. The highest BCUT2D eigenvalue weighted by Crippen LogP contribution is 2.24. The van der Waals surface area contributed by atoms with Gasteiger partial charge in [-0.1, -0.05) is 30.3 Å². The highest BCUT2D eigenvalue weighted by molar-refractivity contribution is 6.04. The topological polar surface area (TPSA) is 66.6 Å². The minimum atomic E-state index is -0.467. The van der Waals surface area contributed by atoms with Crippen LogP contribution in [0, 0.1) is 0 Å². The number of rotatable bonds is 3. The molecular formula is C19H22ClN3O2. The molecule has 1 unspecified atom stereocenters. The lowest BCUT2D eigenvalue weighted by Crippen LogP contribution is -2.53. The van der Waals surface area contributed by atoms with E-state index in [4.69, 9.17) is 5.73 Å². The van der Waals surface area contributed by atoms with Crippen molar-refractivity contribution in [1.82, 2.24) is 4.90 Å². The highest BCUT2D eigenvalue weighted by Gasteiger charge is 2.35. The van der Waals surface area contributed by atoms with Gasteiger partial charge in [-0.15, -0.1) is 12.4 Å². The van der Waals surface area contributed by atoms with Gasteiger partial charge in [-0.2, -0.15) is 0 Å². The number of piperidine rings is 1. The van der Waals surface area contributed by atoms with Crippen LogP contribution in [0.5, 0.6) is 0 Å². The lowest BCUT2D eigenvalue weighted by atomic mass is 10.0. The van der Waals surface area contributed by atoms with Crippen LogP contribution in [0.4, 0.5) is 11.4 Å². The van der Waals surface area contributed by atoms with Crippen molar-refractivity contribution >= 4 is 35.6 Å². The molecule has 0 bridgehead atoms. The summed E-state index contributed by atoms with van der Waals surface area (Å²) in [4.78, 5) is 28.9. The van der Waals surface area contributed by atoms with E-state index in [1.807, 2.05) is 30.3 Å². The molecular weight excluding hydrogens is 338 g/mol. The molecule has 0 aliphatic carbocycles. The second-order valence-corrected chi connectivity index (χ2v) is 5.99. The van der Waals surface area contributed by atoms with Crippen LogP contribution in [0.25, 0.3) is 0 Å². The van der Waals surface area contributed by atoms with Crippen molar-refractivity contribution in [3.05, 3.63) is 60.2 Å². The van der Waals surface area contributed by atoms with Crippen molar-refractivity contribution in [3.63, 3.8) is 0 Å². The van der Waals surface area contributed by atoms with Crippen LogP contribution >= 0.6 is 12.4 Å². The Morgan fingerprint density at radius 2 is 1.76 bits per heavy atom. The third-order valence-corrected chi connectivity index (χ3v) is 4.46. The number of carbonyl (C=O) groups excluding carboxylic acids is 2. The van der Waals surface area contributed by atoms with Crippen LogP contribution in [-0.2, 0) is 4.79 Å². The summed E-state index contributed by atoms with van der Waals surface area (Å²) in [6, 6.07) is 16.0. The predicted octanol–water partition coefficient (Wildman–Crippen LogP) is 2.96. The number of anilines is 2. The normalized spacial score (nSPS) is 16.9. The van der Waals surface area contributed by atoms with E-state index in [2.05, 4.69) is 0 Å². The molecule has 3 rings (SSSR count). The number of nitrogens with zero attached hydrogens (tertiary/aromatic N) is 2. The van der Waals surface area contributed by atoms with Crippen molar-refractivity contribution in [2.24, 2.45) is 0 Å². The second-order valence-electron chi connectivity index (χ2n) is 5.99. The molecule has 25 heavy (non-hydrogen) atoms. The number of halogens is 1. The fourth-order valence-electron chi connectivity index (χ4n) is 3.10. The van der Waals surface area contributed by atoms with Gasteiger partial charge in [0.15, 0.2) is 0 Å². The summed E-state index contributed by atoms with van der Waals surface area (Å²) in [6.07, 6.45) is 1.52. The van der Waals surface area contributed by atoms with Crippen molar-refractivity contribution in [2.45, 2.75) is 18.9 Å². The van der Waals surface area contributed by atoms with E-state index in [0.717, 1.165) is 12.1 Å². The van der Waals surface area contributed by atoms with Gasteiger partial charge in [0.25, 0.3) is 5.91 Å². The summed E-state index contributed by atoms with van der Waals surface area (Å²) in [7, 11) is 1.67. The van der Waals surface area contributed by atoms with E-state index < -0.39 is 6.04 Å². The maximum atomic E-state index is 12.9. The smallest absolute Gasteiger partial charge is 0.256 e. The molecule has 5 nitrogen and oxygen atoms in total. The molecule has 0 spiro atoms. The van der Waals surface area contributed by atoms with E-state index in [9.17, 15) is 9.59 Å². The number of nitrogen functional groups attached to an aromatic ring is 1. The van der Waals surface area contributed by atoms with Crippen molar-refractivity contribution in [2.75, 3.05) is 24.2 Å². The van der Waals surface area contributed by atoms with Gasteiger partial charge in [0.1, 0.15) is 6.04 Å². The Kier molecular flexibility index (Phi) is 6.04. The minimum Gasteiger partial charge on any atom is -0.398 e. The van der Waals surface area contributed by atoms with Crippen LogP contribution < -0.4 is 10.6 Å². The SMILES string of the molecule is CN(C(=O)c1ccccc1N)C1CCCN(c2ccccc2)C1=O.Cl. The van der Waals surface area contributed by atoms with E-state index in [1.165, 1.54) is 4.90 Å². The standard InChI is InChI=1S/C19H21N3O2.ClH/c1-21(18(23)15-10-5-6-11-16(15)20)17-12-7-13-22(19(17)24)14-8-3-2-4-9-14;/h2-6,8-11,17H,7,12-13,20H2,1H3;1H. The van der Waals surface area contributed by atoms with Crippen molar-refractivity contribution in [1.29, 1.82) is 0 Å². The van der Waals surface area contributed by atoms with E-state index in [1.54, 1.807) is 36.2 Å². The largest absolute Gasteiger partial charge is 0.398 e. The summed E-state index contributed by atoms with van der Waals surface area (Å²) in [5.74, 6) is -0.265. The van der Waals surface area contributed by atoms with Gasteiger partial charge >= 0.3 is 0 Å². The molecule has 1 saturated heterocycles. The molecule has 2 amide bonds. The second kappa shape index (κ2) is 8.03. The van der Waals surface area contributed by atoms with Crippen LogP contribution in [0.3, 0.4) is 0 Å². The molecule has 0 aromatic heterocycles. The van der Waals surface area contributed by atoms with Gasteiger partial charge in [0.2, 0.25) is 5.91 Å². The van der Waals surface area contributed by atoms with Gasteiger partial charge in [0.05, 0.1) is 5.56 Å². The van der Waals surface area contributed by atoms with E-state index >= 15 is 0 Å². The first-order valence-electron chi connectivity index (χ1n) is 8.07. The monoisotopic (exact) mass is 359 g/mol. The Bertz CT molecular complexity index is 751. The number of hydrogen-bond donors (Lipinski definition) is 1. The summed E-state index contributed by atoms with van der Waals surface area (Å²) >= 11 is 0.